The van der Waals surface area contributed by atoms with Crippen LogP contribution in [0.15, 0.2) is 24.3 Å². The van der Waals surface area contributed by atoms with Gasteiger partial charge in [0, 0.05) is 12.0 Å². The van der Waals surface area contributed by atoms with Crippen molar-refractivity contribution in [1.82, 2.24) is 9.97 Å². The van der Waals surface area contributed by atoms with Crippen molar-refractivity contribution < 1.29 is 4.74 Å². The second-order valence-electron chi connectivity index (χ2n) is 4.94. The van der Waals surface area contributed by atoms with E-state index in [-0.39, 0.29) is 5.92 Å². The second-order valence-corrected chi connectivity index (χ2v) is 4.94. The highest BCUT2D eigenvalue weighted by molar-refractivity contribution is 5.42. The number of aryl methyl sites for hydroxylation is 1. The zero-order valence-corrected chi connectivity index (χ0v) is 11.8. The summed E-state index contributed by atoms with van der Waals surface area (Å²) >= 11 is 0. The lowest BCUT2D eigenvalue weighted by Crippen LogP contribution is -2.03. The molecule has 0 saturated carbocycles. The smallest absolute Gasteiger partial charge is 0.224 e. The molecule has 2 rings (SSSR count). The van der Waals surface area contributed by atoms with Gasteiger partial charge in [0.1, 0.15) is 17.4 Å². The molecular formula is C15H19N3O. The summed E-state index contributed by atoms with van der Waals surface area (Å²) in [6, 6.07) is 7.59. The number of rotatable bonds is 3. The topological polar surface area (TPSA) is 61.0 Å². The summed E-state index contributed by atoms with van der Waals surface area (Å²) in [4.78, 5) is 8.59. The van der Waals surface area contributed by atoms with Crippen molar-refractivity contribution in [2.24, 2.45) is 0 Å². The molecule has 4 nitrogen and oxygen atoms in total. The maximum absolute atomic E-state index is 5.83. The fourth-order valence-electron chi connectivity index (χ4n) is 1.72. The molecule has 0 bridgehead atoms. The van der Waals surface area contributed by atoms with Gasteiger partial charge in [0.2, 0.25) is 5.88 Å². The Bertz CT molecular complexity index is 594. The summed E-state index contributed by atoms with van der Waals surface area (Å²) in [7, 11) is 0. The average Bonchev–Trinajstić information content (AvgIpc) is 2.34. The van der Waals surface area contributed by atoms with Gasteiger partial charge in [-0.15, -0.1) is 0 Å². The Hall–Kier alpha value is -2.10. The van der Waals surface area contributed by atoms with Crippen molar-refractivity contribution in [3.05, 3.63) is 41.2 Å². The van der Waals surface area contributed by atoms with Gasteiger partial charge < -0.3 is 10.5 Å². The molecule has 4 heteroatoms. The molecule has 0 amide bonds. The minimum atomic E-state index is 0.212. The van der Waals surface area contributed by atoms with Gasteiger partial charge in [0.15, 0.2) is 0 Å². The van der Waals surface area contributed by atoms with E-state index in [2.05, 4.69) is 23.0 Å². The molecule has 0 aliphatic rings. The summed E-state index contributed by atoms with van der Waals surface area (Å²) in [6.07, 6.45) is 0. The van der Waals surface area contributed by atoms with Crippen LogP contribution in [0.1, 0.15) is 36.7 Å². The molecule has 1 aromatic carbocycles. The molecule has 0 saturated heterocycles. The molecule has 0 radical (unpaired) electrons. The Morgan fingerprint density at radius 3 is 2.58 bits per heavy atom. The Kier molecular flexibility index (Phi) is 3.69. The van der Waals surface area contributed by atoms with Gasteiger partial charge in [-0.2, -0.15) is 4.98 Å². The molecule has 0 spiro atoms. The molecular weight excluding hydrogens is 238 g/mol. The van der Waals surface area contributed by atoms with Crippen LogP contribution in [0.5, 0.6) is 11.6 Å². The van der Waals surface area contributed by atoms with E-state index in [1.807, 2.05) is 32.9 Å². The van der Waals surface area contributed by atoms with E-state index in [4.69, 9.17) is 10.5 Å². The number of nitrogen functional groups attached to an aromatic ring is 1. The van der Waals surface area contributed by atoms with Gasteiger partial charge in [-0.05, 0) is 31.0 Å². The predicted molar refractivity (Wildman–Crippen MR) is 76.5 cm³/mol. The summed E-state index contributed by atoms with van der Waals surface area (Å²) in [6.45, 7) is 8.13. The molecule has 0 aliphatic carbocycles. The van der Waals surface area contributed by atoms with Crippen LogP contribution in [-0.2, 0) is 0 Å². The van der Waals surface area contributed by atoms with Crippen molar-refractivity contribution in [3.8, 4) is 11.6 Å². The van der Waals surface area contributed by atoms with E-state index in [0.29, 0.717) is 17.5 Å². The Morgan fingerprint density at radius 2 is 1.89 bits per heavy atom. The van der Waals surface area contributed by atoms with Gasteiger partial charge in [-0.25, -0.2) is 4.98 Å². The minimum absolute atomic E-state index is 0.212. The van der Waals surface area contributed by atoms with Crippen LogP contribution in [0.2, 0.25) is 0 Å². The first kappa shape index (κ1) is 13.3. The summed E-state index contributed by atoms with van der Waals surface area (Å²) in [5, 5.41) is 0. The van der Waals surface area contributed by atoms with Crippen molar-refractivity contribution >= 4 is 5.82 Å². The quantitative estimate of drug-likeness (QED) is 0.912. The zero-order valence-electron chi connectivity index (χ0n) is 11.8. The summed E-state index contributed by atoms with van der Waals surface area (Å²) in [5.41, 5.74) is 8.07. The number of nitrogens with zero attached hydrogens (tertiary/aromatic N) is 2. The fraction of sp³-hybridized carbons (Fsp3) is 0.333. The van der Waals surface area contributed by atoms with Crippen LogP contribution in [-0.4, -0.2) is 9.97 Å². The highest BCUT2D eigenvalue weighted by Crippen LogP contribution is 2.27. The minimum Gasteiger partial charge on any atom is -0.439 e. The van der Waals surface area contributed by atoms with Crippen LogP contribution in [0, 0.1) is 13.8 Å². The van der Waals surface area contributed by atoms with E-state index < -0.39 is 0 Å². The standard InChI is InChI=1S/C15H19N3O/c1-9(2)15-17-13(16)8-14(18-15)19-12-7-5-6-10(3)11(12)4/h5-9H,1-4H3,(H2,16,17,18). The predicted octanol–water partition coefficient (Wildman–Crippen LogP) is 3.59. The lowest BCUT2D eigenvalue weighted by Gasteiger charge is -2.12. The molecule has 100 valence electrons. The zero-order chi connectivity index (χ0) is 14.0. The molecule has 2 aromatic rings. The Morgan fingerprint density at radius 1 is 1.16 bits per heavy atom. The third-order valence-electron chi connectivity index (χ3n) is 3.03. The van der Waals surface area contributed by atoms with Crippen molar-refractivity contribution in [2.45, 2.75) is 33.6 Å². The highest BCUT2D eigenvalue weighted by Gasteiger charge is 2.09. The van der Waals surface area contributed by atoms with Gasteiger partial charge in [-0.3, -0.25) is 0 Å². The molecule has 0 unspecified atom stereocenters. The van der Waals surface area contributed by atoms with E-state index in [9.17, 15) is 0 Å². The van der Waals surface area contributed by atoms with Crippen molar-refractivity contribution in [1.29, 1.82) is 0 Å². The molecule has 0 atom stereocenters. The maximum atomic E-state index is 5.83. The average molecular weight is 257 g/mol. The van der Waals surface area contributed by atoms with Gasteiger partial charge in [-0.1, -0.05) is 26.0 Å². The van der Waals surface area contributed by atoms with Crippen LogP contribution < -0.4 is 10.5 Å². The number of benzene rings is 1. The molecule has 2 N–H and O–H groups in total. The molecule has 0 aliphatic heterocycles. The van der Waals surface area contributed by atoms with Gasteiger partial charge in [0.25, 0.3) is 0 Å². The number of ether oxygens (including phenoxy) is 1. The summed E-state index contributed by atoms with van der Waals surface area (Å²) in [5.74, 6) is 2.63. The highest BCUT2D eigenvalue weighted by atomic mass is 16.5. The molecule has 0 fully saturated rings. The Labute approximate surface area is 113 Å². The lowest BCUT2D eigenvalue weighted by molar-refractivity contribution is 0.453. The first-order chi connectivity index (χ1) is 8.97. The van der Waals surface area contributed by atoms with Crippen molar-refractivity contribution in [3.63, 3.8) is 0 Å². The monoisotopic (exact) mass is 257 g/mol. The van der Waals surface area contributed by atoms with E-state index in [0.717, 1.165) is 11.3 Å². The SMILES string of the molecule is Cc1cccc(Oc2cc(N)nc(C(C)C)n2)c1C. The number of nitrogens with two attached hydrogens (primary N) is 1. The molecule has 1 aromatic heterocycles. The normalized spacial score (nSPS) is 10.8. The number of anilines is 1. The molecule has 19 heavy (non-hydrogen) atoms. The third-order valence-corrected chi connectivity index (χ3v) is 3.03. The van der Waals surface area contributed by atoms with Crippen LogP contribution in [0.4, 0.5) is 5.82 Å². The second kappa shape index (κ2) is 5.26. The first-order valence-corrected chi connectivity index (χ1v) is 6.36. The third kappa shape index (κ3) is 3.02. The number of hydrogen-bond donors (Lipinski definition) is 1. The largest absolute Gasteiger partial charge is 0.439 e. The van der Waals surface area contributed by atoms with E-state index in [1.165, 1.54) is 5.56 Å². The van der Waals surface area contributed by atoms with Crippen LogP contribution in [0.3, 0.4) is 0 Å². The Balaban J connectivity index is 2.35. The van der Waals surface area contributed by atoms with E-state index in [1.54, 1.807) is 6.07 Å². The molecule has 1 heterocycles. The fourth-order valence-corrected chi connectivity index (χ4v) is 1.72. The maximum Gasteiger partial charge on any atom is 0.224 e. The van der Waals surface area contributed by atoms with Crippen LogP contribution >= 0.6 is 0 Å². The van der Waals surface area contributed by atoms with Crippen LogP contribution in [0.25, 0.3) is 0 Å². The number of hydrogen-bond acceptors (Lipinski definition) is 4. The number of aromatic nitrogens is 2. The lowest BCUT2D eigenvalue weighted by atomic mass is 10.1. The summed E-state index contributed by atoms with van der Waals surface area (Å²) < 4.78 is 5.83. The van der Waals surface area contributed by atoms with Gasteiger partial charge >= 0.3 is 0 Å². The van der Waals surface area contributed by atoms with Crippen molar-refractivity contribution in [2.75, 3.05) is 5.73 Å². The first-order valence-electron chi connectivity index (χ1n) is 6.36. The van der Waals surface area contributed by atoms with Gasteiger partial charge in [0.05, 0.1) is 0 Å². The van der Waals surface area contributed by atoms with E-state index >= 15 is 0 Å².